The van der Waals surface area contributed by atoms with E-state index >= 15 is 0 Å². The molecule has 1 amide bonds. The molecule has 1 N–H and O–H groups in total. The fourth-order valence-corrected chi connectivity index (χ4v) is 2.56. The van der Waals surface area contributed by atoms with E-state index in [0.29, 0.717) is 25.5 Å². The second-order valence-corrected chi connectivity index (χ2v) is 5.22. The summed E-state index contributed by atoms with van der Waals surface area (Å²) >= 11 is 0. The summed E-state index contributed by atoms with van der Waals surface area (Å²) in [5.41, 5.74) is 0. The molecular formula is C16H17NO6. The first kappa shape index (κ1) is 15.4. The molecule has 2 aromatic heterocycles. The number of aromatic carboxylic acids is 1. The molecule has 3 heterocycles. The van der Waals surface area contributed by atoms with Crippen LogP contribution in [0.5, 0.6) is 0 Å². The molecule has 0 radical (unpaired) electrons. The molecule has 0 unspecified atom stereocenters. The summed E-state index contributed by atoms with van der Waals surface area (Å²) < 4.78 is 16.3. The highest BCUT2D eigenvalue weighted by atomic mass is 16.5. The van der Waals surface area contributed by atoms with Gasteiger partial charge in [0.1, 0.15) is 17.6 Å². The zero-order valence-electron chi connectivity index (χ0n) is 12.7. The number of rotatable bonds is 4. The van der Waals surface area contributed by atoms with Crippen LogP contribution in [-0.2, 0) is 11.2 Å². The topological polar surface area (TPSA) is 93.1 Å². The molecule has 1 aliphatic rings. The van der Waals surface area contributed by atoms with Crippen LogP contribution in [0.1, 0.15) is 45.6 Å². The van der Waals surface area contributed by atoms with Crippen molar-refractivity contribution < 1.29 is 28.3 Å². The second-order valence-electron chi connectivity index (χ2n) is 5.22. The van der Waals surface area contributed by atoms with Crippen LogP contribution in [0.25, 0.3) is 0 Å². The first-order chi connectivity index (χ1) is 11.1. The molecule has 1 aliphatic heterocycles. The number of furan rings is 2. The van der Waals surface area contributed by atoms with Crippen molar-refractivity contribution in [2.75, 3.05) is 19.8 Å². The van der Waals surface area contributed by atoms with Crippen LogP contribution in [-0.4, -0.2) is 41.6 Å². The summed E-state index contributed by atoms with van der Waals surface area (Å²) in [5, 5.41) is 8.90. The lowest BCUT2D eigenvalue weighted by Crippen LogP contribution is -2.43. The van der Waals surface area contributed by atoms with Crippen LogP contribution in [0.2, 0.25) is 0 Å². The average molecular weight is 319 g/mol. The quantitative estimate of drug-likeness (QED) is 0.930. The Hall–Kier alpha value is -2.54. The fraction of sp³-hybridized carbons (Fsp3) is 0.375. The molecule has 0 aromatic carbocycles. The largest absolute Gasteiger partial charge is 0.475 e. The maximum atomic E-state index is 12.6. The van der Waals surface area contributed by atoms with Crippen molar-refractivity contribution in [3.63, 3.8) is 0 Å². The van der Waals surface area contributed by atoms with Crippen molar-refractivity contribution in [1.82, 2.24) is 4.90 Å². The van der Waals surface area contributed by atoms with E-state index in [1.165, 1.54) is 12.1 Å². The third-order valence-electron chi connectivity index (χ3n) is 3.78. The number of amides is 1. The van der Waals surface area contributed by atoms with E-state index < -0.39 is 5.97 Å². The van der Waals surface area contributed by atoms with Gasteiger partial charge in [0, 0.05) is 13.0 Å². The minimum absolute atomic E-state index is 0.00317. The second kappa shape index (κ2) is 6.29. The third kappa shape index (κ3) is 3.00. The number of hydrogen-bond acceptors (Lipinski definition) is 5. The van der Waals surface area contributed by atoms with Crippen molar-refractivity contribution >= 4 is 11.9 Å². The Bertz CT molecular complexity index is 716. The summed E-state index contributed by atoms with van der Waals surface area (Å²) in [5.74, 6) is -0.355. The number of morpholine rings is 1. The lowest BCUT2D eigenvalue weighted by Gasteiger charge is -2.33. The van der Waals surface area contributed by atoms with Crippen LogP contribution in [0.3, 0.4) is 0 Å². The van der Waals surface area contributed by atoms with Gasteiger partial charge in [-0.2, -0.15) is 0 Å². The Morgan fingerprint density at radius 2 is 2.00 bits per heavy atom. The number of hydrogen-bond donors (Lipinski definition) is 1. The molecule has 1 fully saturated rings. The Morgan fingerprint density at radius 3 is 2.65 bits per heavy atom. The Balaban J connectivity index is 1.85. The lowest BCUT2D eigenvalue weighted by atomic mass is 10.1. The molecule has 23 heavy (non-hydrogen) atoms. The van der Waals surface area contributed by atoms with Crippen LogP contribution in [0.4, 0.5) is 0 Å². The van der Waals surface area contributed by atoms with E-state index in [1.807, 2.05) is 19.1 Å². The van der Waals surface area contributed by atoms with E-state index in [9.17, 15) is 9.59 Å². The molecule has 3 rings (SSSR count). The van der Waals surface area contributed by atoms with Gasteiger partial charge < -0.3 is 23.6 Å². The highest BCUT2D eigenvalue weighted by Gasteiger charge is 2.33. The number of carbonyl (C=O) groups excluding carboxylic acids is 1. The first-order valence-electron chi connectivity index (χ1n) is 7.40. The lowest BCUT2D eigenvalue weighted by molar-refractivity contribution is -0.0106. The monoisotopic (exact) mass is 319 g/mol. The third-order valence-corrected chi connectivity index (χ3v) is 3.78. The molecule has 0 aliphatic carbocycles. The van der Waals surface area contributed by atoms with Gasteiger partial charge >= 0.3 is 5.97 Å². The SMILES string of the molecule is CCc1ccc([C@@H]2COCCN2C(=O)c2ccc(C(=O)O)o2)o1. The van der Waals surface area contributed by atoms with Crippen molar-refractivity contribution in [3.05, 3.63) is 47.3 Å². The van der Waals surface area contributed by atoms with Crippen LogP contribution in [0, 0.1) is 0 Å². The van der Waals surface area contributed by atoms with Crippen molar-refractivity contribution in [2.45, 2.75) is 19.4 Å². The predicted octanol–water partition coefficient (Wildman–Crippen LogP) is 2.35. The molecule has 0 saturated carbocycles. The molecule has 0 bridgehead atoms. The van der Waals surface area contributed by atoms with Gasteiger partial charge in [0.15, 0.2) is 5.76 Å². The fourth-order valence-electron chi connectivity index (χ4n) is 2.56. The molecule has 7 nitrogen and oxygen atoms in total. The first-order valence-corrected chi connectivity index (χ1v) is 7.40. The zero-order chi connectivity index (χ0) is 16.4. The minimum Gasteiger partial charge on any atom is -0.475 e. The predicted molar refractivity (Wildman–Crippen MR) is 78.3 cm³/mol. The summed E-state index contributed by atoms with van der Waals surface area (Å²) in [4.78, 5) is 25.1. The van der Waals surface area contributed by atoms with E-state index in [0.717, 1.165) is 12.2 Å². The highest BCUT2D eigenvalue weighted by molar-refractivity contribution is 5.93. The zero-order valence-corrected chi connectivity index (χ0v) is 12.7. The van der Waals surface area contributed by atoms with Crippen LogP contribution in [0.15, 0.2) is 33.1 Å². The molecular weight excluding hydrogens is 302 g/mol. The Labute approximate surface area is 132 Å². The standard InChI is InChI=1S/C16H17NO6/c1-2-10-3-4-12(22-10)11-9-21-8-7-17(11)15(18)13-5-6-14(23-13)16(19)20/h3-6,11H,2,7-9H2,1H3,(H,19,20)/t11-/m0/s1. The van der Waals surface area contributed by atoms with Gasteiger partial charge in [-0.15, -0.1) is 0 Å². The van der Waals surface area contributed by atoms with Crippen molar-refractivity contribution in [2.24, 2.45) is 0 Å². The number of carboxylic acids is 1. The van der Waals surface area contributed by atoms with Gasteiger partial charge in [-0.25, -0.2) is 4.79 Å². The highest BCUT2D eigenvalue weighted by Crippen LogP contribution is 2.28. The molecule has 1 saturated heterocycles. The number of ether oxygens (including phenoxy) is 1. The van der Waals surface area contributed by atoms with Gasteiger partial charge in [-0.1, -0.05) is 6.92 Å². The molecule has 7 heteroatoms. The number of carboxylic acid groups (broad SMARTS) is 1. The van der Waals surface area contributed by atoms with Crippen molar-refractivity contribution in [3.8, 4) is 0 Å². The average Bonchev–Trinajstić information content (AvgIpc) is 3.23. The van der Waals surface area contributed by atoms with Crippen LogP contribution >= 0.6 is 0 Å². The molecule has 1 atom stereocenters. The van der Waals surface area contributed by atoms with Gasteiger partial charge in [0.05, 0.1) is 13.2 Å². The van der Waals surface area contributed by atoms with Crippen LogP contribution < -0.4 is 0 Å². The maximum Gasteiger partial charge on any atom is 0.371 e. The molecule has 2 aromatic rings. The normalized spacial score (nSPS) is 18.1. The van der Waals surface area contributed by atoms with Gasteiger partial charge in [-0.3, -0.25) is 4.79 Å². The Morgan fingerprint density at radius 1 is 1.22 bits per heavy atom. The van der Waals surface area contributed by atoms with E-state index in [4.69, 9.17) is 18.7 Å². The maximum absolute atomic E-state index is 12.6. The summed E-state index contributed by atoms with van der Waals surface area (Å²) in [6, 6.07) is 6.01. The van der Waals surface area contributed by atoms with Gasteiger partial charge in [0.2, 0.25) is 5.76 Å². The van der Waals surface area contributed by atoms with E-state index in [-0.39, 0.29) is 23.5 Å². The molecule has 0 spiro atoms. The van der Waals surface area contributed by atoms with Crippen molar-refractivity contribution in [1.29, 1.82) is 0 Å². The van der Waals surface area contributed by atoms with E-state index in [1.54, 1.807) is 4.90 Å². The number of aryl methyl sites for hydroxylation is 1. The van der Waals surface area contributed by atoms with Gasteiger partial charge in [0.25, 0.3) is 5.91 Å². The van der Waals surface area contributed by atoms with Gasteiger partial charge in [-0.05, 0) is 24.3 Å². The van der Waals surface area contributed by atoms with E-state index in [2.05, 4.69) is 0 Å². The number of carbonyl (C=O) groups is 2. The number of nitrogens with zero attached hydrogens (tertiary/aromatic N) is 1. The molecule has 122 valence electrons. The minimum atomic E-state index is -1.21. The Kier molecular flexibility index (Phi) is 4.20. The summed E-state index contributed by atoms with van der Waals surface area (Å²) in [6.07, 6.45) is 0.766. The summed E-state index contributed by atoms with van der Waals surface area (Å²) in [6.45, 7) is 3.11. The smallest absolute Gasteiger partial charge is 0.371 e. The summed E-state index contributed by atoms with van der Waals surface area (Å²) in [7, 11) is 0.